The number of nitrogens with one attached hydrogen (secondary N) is 2. The fourth-order valence-electron chi connectivity index (χ4n) is 2.87. The first-order valence-corrected chi connectivity index (χ1v) is 8.67. The van der Waals surface area contributed by atoms with E-state index in [1.165, 1.54) is 0 Å². The molecule has 0 saturated carbocycles. The molecule has 0 spiro atoms. The summed E-state index contributed by atoms with van der Waals surface area (Å²) in [6.07, 6.45) is 1.41. The molecule has 1 fully saturated rings. The number of hydrogen-bond acceptors (Lipinski definition) is 5. The molecule has 1 unspecified atom stereocenters. The maximum atomic E-state index is 12.0. The van der Waals surface area contributed by atoms with Gasteiger partial charge in [0.15, 0.2) is 11.5 Å². The van der Waals surface area contributed by atoms with E-state index in [1.54, 1.807) is 14.2 Å². The average molecular weight is 356 g/mol. The fraction of sp³-hybridized carbons (Fsp3) is 0.350. The number of benzene rings is 2. The molecule has 2 N–H and O–H groups in total. The summed E-state index contributed by atoms with van der Waals surface area (Å²) in [6, 6.07) is 13.5. The number of ether oxygens (including phenoxy) is 3. The zero-order chi connectivity index (χ0) is 18.4. The summed E-state index contributed by atoms with van der Waals surface area (Å²) in [5.41, 5.74) is 2.82. The Morgan fingerprint density at radius 2 is 1.81 bits per heavy atom. The van der Waals surface area contributed by atoms with Gasteiger partial charge in [0.1, 0.15) is 6.10 Å². The van der Waals surface area contributed by atoms with Crippen molar-refractivity contribution in [2.24, 2.45) is 0 Å². The van der Waals surface area contributed by atoms with Gasteiger partial charge in [0.25, 0.3) is 5.91 Å². The quantitative estimate of drug-likeness (QED) is 0.795. The molecule has 0 radical (unpaired) electrons. The normalized spacial score (nSPS) is 16.2. The molecule has 0 aromatic heterocycles. The summed E-state index contributed by atoms with van der Waals surface area (Å²) in [6.45, 7) is 1.32. The van der Waals surface area contributed by atoms with Crippen molar-refractivity contribution in [1.82, 2.24) is 0 Å². The number of carbonyl (C=O) groups is 1. The van der Waals surface area contributed by atoms with Gasteiger partial charge in [-0.2, -0.15) is 0 Å². The van der Waals surface area contributed by atoms with Crippen LogP contribution in [0.1, 0.15) is 18.4 Å². The molecule has 1 heterocycles. The van der Waals surface area contributed by atoms with Gasteiger partial charge >= 0.3 is 0 Å². The van der Waals surface area contributed by atoms with Crippen LogP contribution in [0.5, 0.6) is 11.5 Å². The predicted octanol–water partition coefficient (Wildman–Crippen LogP) is 3.43. The van der Waals surface area contributed by atoms with Crippen LogP contribution in [0.25, 0.3) is 0 Å². The van der Waals surface area contributed by atoms with E-state index >= 15 is 0 Å². The van der Waals surface area contributed by atoms with E-state index in [9.17, 15) is 4.79 Å². The summed E-state index contributed by atoms with van der Waals surface area (Å²) in [7, 11) is 3.24. The zero-order valence-electron chi connectivity index (χ0n) is 15.1. The Morgan fingerprint density at radius 1 is 1.08 bits per heavy atom. The summed E-state index contributed by atoms with van der Waals surface area (Å²) in [4.78, 5) is 12.0. The number of hydrogen-bond donors (Lipinski definition) is 2. The second-order valence-corrected chi connectivity index (χ2v) is 6.11. The van der Waals surface area contributed by atoms with Gasteiger partial charge in [-0.3, -0.25) is 4.79 Å². The molecule has 1 amide bonds. The van der Waals surface area contributed by atoms with Crippen molar-refractivity contribution in [2.75, 3.05) is 31.5 Å². The SMILES string of the molecule is COc1ccc(CNc2ccc(NC(=O)C3CCCO3)cc2)cc1OC. The number of rotatable bonds is 7. The van der Waals surface area contributed by atoms with Crippen LogP contribution >= 0.6 is 0 Å². The monoisotopic (exact) mass is 356 g/mol. The van der Waals surface area contributed by atoms with Crippen molar-refractivity contribution < 1.29 is 19.0 Å². The minimum Gasteiger partial charge on any atom is -0.493 e. The van der Waals surface area contributed by atoms with E-state index in [-0.39, 0.29) is 12.0 Å². The smallest absolute Gasteiger partial charge is 0.253 e. The summed E-state index contributed by atoms with van der Waals surface area (Å²) >= 11 is 0. The van der Waals surface area contributed by atoms with Gasteiger partial charge in [0, 0.05) is 24.5 Å². The lowest BCUT2D eigenvalue weighted by atomic mass is 10.2. The Bertz CT molecular complexity index is 740. The first kappa shape index (κ1) is 18.1. The maximum Gasteiger partial charge on any atom is 0.253 e. The van der Waals surface area contributed by atoms with Crippen molar-refractivity contribution >= 4 is 17.3 Å². The Morgan fingerprint density at radius 3 is 2.46 bits per heavy atom. The third-order valence-electron chi connectivity index (χ3n) is 4.32. The molecular formula is C20H24N2O4. The predicted molar refractivity (Wildman–Crippen MR) is 101 cm³/mol. The van der Waals surface area contributed by atoms with Crippen molar-refractivity contribution in [3.63, 3.8) is 0 Å². The van der Waals surface area contributed by atoms with E-state index in [0.717, 1.165) is 29.8 Å². The van der Waals surface area contributed by atoms with Gasteiger partial charge in [-0.1, -0.05) is 6.07 Å². The molecule has 138 valence electrons. The van der Waals surface area contributed by atoms with Crippen LogP contribution in [-0.2, 0) is 16.1 Å². The van der Waals surface area contributed by atoms with Crippen molar-refractivity contribution in [3.8, 4) is 11.5 Å². The standard InChI is InChI=1S/C20H24N2O4/c1-24-17-10-5-14(12-19(17)25-2)13-21-15-6-8-16(9-7-15)22-20(23)18-4-3-11-26-18/h5-10,12,18,21H,3-4,11,13H2,1-2H3,(H,22,23). The fourth-order valence-corrected chi connectivity index (χ4v) is 2.87. The lowest BCUT2D eigenvalue weighted by molar-refractivity contribution is -0.124. The van der Waals surface area contributed by atoms with Gasteiger partial charge in [-0.15, -0.1) is 0 Å². The zero-order valence-corrected chi connectivity index (χ0v) is 15.1. The molecule has 3 rings (SSSR count). The third kappa shape index (κ3) is 4.46. The molecule has 6 heteroatoms. The number of anilines is 2. The summed E-state index contributed by atoms with van der Waals surface area (Å²) in [5, 5.41) is 6.24. The largest absolute Gasteiger partial charge is 0.493 e. The maximum absolute atomic E-state index is 12.0. The van der Waals surface area contributed by atoms with Crippen molar-refractivity contribution in [1.29, 1.82) is 0 Å². The average Bonchev–Trinajstić information content (AvgIpc) is 3.22. The minimum atomic E-state index is -0.321. The van der Waals surface area contributed by atoms with Crippen LogP contribution in [0.4, 0.5) is 11.4 Å². The van der Waals surface area contributed by atoms with Gasteiger partial charge in [0.2, 0.25) is 0 Å². The first-order valence-electron chi connectivity index (χ1n) is 8.67. The Kier molecular flexibility index (Phi) is 5.96. The van der Waals surface area contributed by atoms with Gasteiger partial charge in [-0.25, -0.2) is 0 Å². The highest BCUT2D eigenvalue weighted by atomic mass is 16.5. The molecule has 2 aromatic carbocycles. The van der Waals surface area contributed by atoms with E-state index in [4.69, 9.17) is 14.2 Å². The van der Waals surface area contributed by atoms with Crippen molar-refractivity contribution in [3.05, 3.63) is 48.0 Å². The van der Waals surface area contributed by atoms with Crippen LogP contribution in [0.3, 0.4) is 0 Å². The lowest BCUT2D eigenvalue weighted by Crippen LogP contribution is -2.26. The van der Waals surface area contributed by atoms with Gasteiger partial charge < -0.3 is 24.8 Å². The molecule has 0 bridgehead atoms. The molecule has 2 aromatic rings. The summed E-state index contributed by atoms with van der Waals surface area (Å²) < 4.78 is 16.0. The van der Waals surface area contributed by atoms with Crippen LogP contribution in [-0.4, -0.2) is 32.8 Å². The highest BCUT2D eigenvalue weighted by Crippen LogP contribution is 2.28. The highest BCUT2D eigenvalue weighted by Gasteiger charge is 2.23. The molecule has 26 heavy (non-hydrogen) atoms. The van der Waals surface area contributed by atoms with E-state index in [1.807, 2.05) is 42.5 Å². The molecule has 1 aliphatic heterocycles. The Labute approximate surface area is 153 Å². The number of amides is 1. The second-order valence-electron chi connectivity index (χ2n) is 6.11. The highest BCUT2D eigenvalue weighted by molar-refractivity contribution is 5.94. The molecule has 0 aliphatic carbocycles. The van der Waals surface area contributed by atoms with Gasteiger partial charge in [-0.05, 0) is 54.8 Å². The topological polar surface area (TPSA) is 68.8 Å². The van der Waals surface area contributed by atoms with Gasteiger partial charge in [0.05, 0.1) is 14.2 Å². The van der Waals surface area contributed by atoms with Crippen LogP contribution in [0.2, 0.25) is 0 Å². The van der Waals surface area contributed by atoms with E-state index in [0.29, 0.717) is 24.7 Å². The van der Waals surface area contributed by atoms with Crippen molar-refractivity contribution in [2.45, 2.75) is 25.5 Å². The Balaban J connectivity index is 1.55. The van der Waals surface area contributed by atoms with Crippen LogP contribution < -0.4 is 20.1 Å². The molecule has 1 atom stereocenters. The van der Waals surface area contributed by atoms with Crippen LogP contribution in [0.15, 0.2) is 42.5 Å². The minimum absolute atomic E-state index is 0.0754. The summed E-state index contributed by atoms with van der Waals surface area (Å²) in [5.74, 6) is 1.34. The first-order chi connectivity index (χ1) is 12.7. The van der Waals surface area contributed by atoms with Crippen LogP contribution in [0, 0.1) is 0 Å². The Hall–Kier alpha value is -2.73. The third-order valence-corrected chi connectivity index (χ3v) is 4.32. The van der Waals surface area contributed by atoms with E-state index < -0.39 is 0 Å². The number of carbonyl (C=O) groups excluding carboxylic acids is 1. The molecular weight excluding hydrogens is 332 g/mol. The number of methoxy groups -OCH3 is 2. The van der Waals surface area contributed by atoms with E-state index in [2.05, 4.69) is 10.6 Å². The lowest BCUT2D eigenvalue weighted by Gasteiger charge is -2.12. The molecule has 1 saturated heterocycles. The molecule has 6 nitrogen and oxygen atoms in total. The second kappa shape index (κ2) is 8.58. The molecule has 1 aliphatic rings.